The highest BCUT2D eigenvalue weighted by Crippen LogP contribution is 2.38. The highest BCUT2D eigenvalue weighted by Gasteiger charge is 2.45. The summed E-state index contributed by atoms with van der Waals surface area (Å²) in [5, 5.41) is 9.61. The molecule has 2 amide bonds. The number of hydrogen-bond donors (Lipinski definition) is 1. The molecule has 1 N–H and O–H groups in total. The summed E-state index contributed by atoms with van der Waals surface area (Å²) < 4.78 is 56.7. The molecule has 0 unspecified atom stereocenters. The maximum Gasteiger partial charge on any atom is 0.323 e. The van der Waals surface area contributed by atoms with Crippen LogP contribution in [0.15, 0.2) is 27.9 Å². The number of urea groups is 1. The molecule has 0 bridgehead atoms. The van der Waals surface area contributed by atoms with E-state index in [0.29, 0.717) is 31.7 Å². The number of nitrogens with zero attached hydrogens (tertiary/aromatic N) is 4. The SMILES string of the molecule is Cn1nc(C(F)F)cc1S(=O)(=O)C(C)(C)C1CCN(C(=O)Nc2ccon2)CC1. The van der Waals surface area contributed by atoms with E-state index in [1.165, 1.54) is 19.4 Å². The summed E-state index contributed by atoms with van der Waals surface area (Å²) in [5.74, 6) is 0.0413. The normalized spacial score (nSPS) is 16.4. The van der Waals surface area contributed by atoms with Crippen molar-refractivity contribution in [1.29, 1.82) is 0 Å². The predicted octanol–water partition coefficient (Wildman–Crippen LogP) is 2.84. The highest BCUT2D eigenvalue weighted by molar-refractivity contribution is 7.92. The first-order valence-corrected chi connectivity index (χ1v) is 10.6. The zero-order valence-electron chi connectivity index (χ0n) is 16.3. The van der Waals surface area contributed by atoms with E-state index in [0.717, 1.165) is 10.7 Å². The summed E-state index contributed by atoms with van der Waals surface area (Å²) in [7, 11) is -2.60. The smallest absolute Gasteiger partial charge is 0.323 e. The molecule has 12 heteroatoms. The number of amides is 2. The van der Waals surface area contributed by atoms with E-state index in [2.05, 4.69) is 20.1 Å². The van der Waals surface area contributed by atoms with Gasteiger partial charge < -0.3 is 9.42 Å². The second kappa shape index (κ2) is 7.73. The van der Waals surface area contributed by atoms with Crippen molar-refractivity contribution in [3.05, 3.63) is 24.1 Å². The second-order valence-electron chi connectivity index (χ2n) is 7.51. The Morgan fingerprint density at radius 2 is 2.00 bits per heavy atom. The van der Waals surface area contributed by atoms with Gasteiger partial charge in [-0.15, -0.1) is 0 Å². The van der Waals surface area contributed by atoms with Crippen molar-refractivity contribution in [2.45, 2.75) is 42.9 Å². The van der Waals surface area contributed by atoms with E-state index in [9.17, 15) is 22.0 Å². The van der Waals surface area contributed by atoms with E-state index >= 15 is 0 Å². The Bertz CT molecular complexity index is 964. The first kappa shape index (κ1) is 21.2. The number of nitrogens with one attached hydrogen (secondary N) is 1. The molecule has 1 fully saturated rings. The van der Waals surface area contributed by atoms with Gasteiger partial charge in [-0.1, -0.05) is 5.16 Å². The molecule has 1 aliphatic heterocycles. The van der Waals surface area contributed by atoms with Gasteiger partial charge in [-0.05, 0) is 32.6 Å². The van der Waals surface area contributed by atoms with Crippen LogP contribution in [-0.2, 0) is 16.9 Å². The van der Waals surface area contributed by atoms with Gasteiger partial charge in [-0.25, -0.2) is 22.0 Å². The number of piperidine rings is 1. The lowest BCUT2D eigenvalue weighted by Gasteiger charge is -2.39. The van der Waals surface area contributed by atoms with Crippen LogP contribution in [0.2, 0.25) is 0 Å². The van der Waals surface area contributed by atoms with Crippen LogP contribution in [0.5, 0.6) is 0 Å². The number of sulfone groups is 1. The largest absolute Gasteiger partial charge is 0.363 e. The van der Waals surface area contributed by atoms with E-state index in [1.54, 1.807) is 18.7 Å². The standard InChI is InChI=1S/C17H23F2N5O4S/c1-17(2,29(26,27)14-10-12(15(18)19)21-23(14)3)11-4-7-24(8-5-11)16(25)20-13-6-9-28-22-13/h6,9-11,15H,4-5,7-8H2,1-3H3,(H,20,22,25). The molecular weight excluding hydrogens is 408 g/mol. The summed E-state index contributed by atoms with van der Waals surface area (Å²) in [6.07, 6.45) is -0.594. The Labute approximate surface area is 166 Å². The second-order valence-corrected chi connectivity index (χ2v) is 9.99. The molecule has 160 valence electrons. The number of aryl methyl sites for hydroxylation is 1. The van der Waals surface area contributed by atoms with Crippen LogP contribution >= 0.6 is 0 Å². The van der Waals surface area contributed by atoms with E-state index in [1.807, 2.05) is 0 Å². The summed E-state index contributed by atoms with van der Waals surface area (Å²) >= 11 is 0. The lowest BCUT2D eigenvalue weighted by Crippen LogP contribution is -2.48. The van der Waals surface area contributed by atoms with Crippen molar-refractivity contribution in [2.24, 2.45) is 13.0 Å². The molecule has 0 atom stereocenters. The van der Waals surface area contributed by atoms with E-state index in [-0.39, 0.29) is 17.0 Å². The van der Waals surface area contributed by atoms with Gasteiger partial charge in [0.05, 0.1) is 4.75 Å². The van der Waals surface area contributed by atoms with Crippen molar-refractivity contribution >= 4 is 21.7 Å². The number of alkyl halides is 2. The molecule has 2 aromatic rings. The predicted molar refractivity (Wildman–Crippen MR) is 99.2 cm³/mol. The van der Waals surface area contributed by atoms with E-state index in [4.69, 9.17) is 0 Å². The number of carbonyl (C=O) groups excluding carboxylic acids is 1. The lowest BCUT2D eigenvalue weighted by atomic mass is 9.86. The quantitative estimate of drug-likeness (QED) is 0.779. The van der Waals surface area contributed by atoms with Gasteiger partial charge in [0.1, 0.15) is 12.0 Å². The molecule has 29 heavy (non-hydrogen) atoms. The minimum absolute atomic E-state index is 0.232. The number of halogens is 2. The van der Waals surface area contributed by atoms with Crippen LogP contribution in [0.1, 0.15) is 38.8 Å². The zero-order valence-corrected chi connectivity index (χ0v) is 17.1. The number of carbonyl (C=O) groups is 1. The van der Waals surface area contributed by atoms with Crippen LogP contribution in [-0.4, -0.2) is 52.1 Å². The number of likely N-dealkylation sites (tertiary alicyclic amines) is 1. The molecule has 2 aromatic heterocycles. The topological polar surface area (TPSA) is 110 Å². The maximum absolute atomic E-state index is 13.2. The number of hydrogen-bond acceptors (Lipinski definition) is 6. The molecule has 0 saturated carbocycles. The Kier molecular flexibility index (Phi) is 5.65. The van der Waals surface area contributed by atoms with E-state index < -0.39 is 26.7 Å². The van der Waals surface area contributed by atoms with Crippen LogP contribution < -0.4 is 5.32 Å². The van der Waals surface area contributed by atoms with Crippen LogP contribution in [0.4, 0.5) is 19.4 Å². The maximum atomic E-state index is 13.2. The molecule has 0 aromatic carbocycles. The van der Waals surface area contributed by atoms with Gasteiger partial charge in [0.15, 0.2) is 10.8 Å². The first-order chi connectivity index (χ1) is 13.5. The minimum Gasteiger partial charge on any atom is -0.363 e. The van der Waals surface area contributed by atoms with Crippen molar-refractivity contribution in [3.8, 4) is 0 Å². The summed E-state index contributed by atoms with van der Waals surface area (Å²) in [6, 6.07) is 2.11. The van der Waals surface area contributed by atoms with Crippen LogP contribution in [0, 0.1) is 5.92 Å². The number of rotatable bonds is 5. The zero-order chi connectivity index (χ0) is 21.4. The molecule has 9 nitrogen and oxygen atoms in total. The Morgan fingerprint density at radius 1 is 1.34 bits per heavy atom. The molecule has 0 spiro atoms. The van der Waals surface area contributed by atoms with Gasteiger partial charge in [0.2, 0.25) is 9.84 Å². The van der Waals surface area contributed by atoms with Gasteiger partial charge in [-0.2, -0.15) is 5.10 Å². The fraction of sp³-hybridized carbons (Fsp3) is 0.588. The summed E-state index contributed by atoms with van der Waals surface area (Å²) in [6.45, 7) is 3.91. The minimum atomic E-state index is -3.93. The molecule has 0 radical (unpaired) electrons. The van der Waals surface area contributed by atoms with Crippen LogP contribution in [0.25, 0.3) is 0 Å². The molecule has 1 aliphatic rings. The molecule has 3 heterocycles. The third kappa shape index (κ3) is 3.98. The van der Waals surface area contributed by atoms with Crippen molar-refractivity contribution in [2.75, 3.05) is 18.4 Å². The summed E-state index contributed by atoms with van der Waals surface area (Å²) in [5.41, 5.74) is -0.568. The Morgan fingerprint density at radius 3 is 2.52 bits per heavy atom. The fourth-order valence-corrected chi connectivity index (χ4v) is 5.44. The molecule has 3 rings (SSSR count). The molecule has 0 aliphatic carbocycles. The number of anilines is 1. The first-order valence-electron chi connectivity index (χ1n) is 9.07. The monoisotopic (exact) mass is 431 g/mol. The Balaban J connectivity index is 1.71. The third-order valence-corrected chi connectivity index (χ3v) is 8.14. The van der Waals surface area contributed by atoms with Gasteiger partial charge in [-0.3, -0.25) is 10.00 Å². The number of aromatic nitrogens is 3. The van der Waals surface area contributed by atoms with Crippen molar-refractivity contribution in [3.63, 3.8) is 0 Å². The lowest BCUT2D eigenvalue weighted by molar-refractivity contribution is 0.145. The molecule has 1 saturated heterocycles. The fourth-order valence-electron chi connectivity index (χ4n) is 3.56. The Hall–Kier alpha value is -2.50. The van der Waals surface area contributed by atoms with Gasteiger partial charge in [0.25, 0.3) is 6.43 Å². The average Bonchev–Trinajstić information content (AvgIpc) is 3.31. The van der Waals surface area contributed by atoms with Gasteiger partial charge >= 0.3 is 6.03 Å². The average molecular weight is 431 g/mol. The highest BCUT2D eigenvalue weighted by atomic mass is 32.2. The molecular formula is C17H23F2N5O4S. The van der Waals surface area contributed by atoms with Crippen molar-refractivity contribution in [1.82, 2.24) is 19.8 Å². The van der Waals surface area contributed by atoms with Crippen LogP contribution in [0.3, 0.4) is 0 Å². The summed E-state index contributed by atoms with van der Waals surface area (Å²) in [4.78, 5) is 13.9. The van der Waals surface area contributed by atoms with Gasteiger partial charge in [0, 0.05) is 32.3 Å². The van der Waals surface area contributed by atoms with Crippen molar-refractivity contribution < 1.29 is 26.5 Å². The third-order valence-electron chi connectivity index (χ3n) is 5.49.